The van der Waals surface area contributed by atoms with Crippen LogP contribution in [0, 0.1) is 19.8 Å². The van der Waals surface area contributed by atoms with Gasteiger partial charge in [0.1, 0.15) is 11.5 Å². The topological polar surface area (TPSA) is 65.5 Å². The number of likely N-dealkylation sites (N-methyl/N-ethyl adjacent to an activating group) is 1. The highest BCUT2D eigenvalue weighted by Crippen LogP contribution is 2.29. The summed E-state index contributed by atoms with van der Waals surface area (Å²) in [7, 11) is 2.12. The van der Waals surface area contributed by atoms with Gasteiger partial charge in [-0.05, 0) is 51.8 Å². The zero-order valence-corrected chi connectivity index (χ0v) is 18.3. The first-order chi connectivity index (χ1) is 14.5. The van der Waals surface area contributed by atoms with Crippen molar-refractivity contribution in [3.8, 4) is 11.5 Å². The summed E-state index contributed by atoms with van der Waals surface area (Å²) in [6.45, 7) is 9.68. The van der Waals surface area contributed by atoms with Gasteiger partial charge in [-0.15, -0.1) is 0 Å². The third-order valence-corrected chi connectivity index (χ3v) is 6.49. The van der Waals surface area contributed by atoms with Gasteiger partial charge in [0.2, 0.25) is 5.91 Å². The van der Waals surface area contributed by atoms with Crippen molar-refractivity contribution >= 4 is 11.7 Å². The second kappa shape index (κ2) is 9.08. The van der Waals surface area contributed by atoms with Crippen molar-refractivity contribution in [1.82, 2.24) is 24.8 Å². The number of rotatable bonds is 4. The highest BCUT2D eigenvalue weighted by molar-refractivity contribution is 5.76. The van der Waals surface area contributed by atoms with Gasteiger partial charge in [0.15, 0.2) is 5.82 Å². The van der Waals surface area contributed by atoms with E-state index < -0.39 is 0 Å². The Balaban J connectivity index is 1.39. The molecule has 0 atom stereocenters. The van der Waals surface area contributed by atoms with Gasteiger partial charge < -0.3 is 14.7 Å². The highest BCUT2D eigenvalue weighted by Gasteiger charge is 2.27. The molecule has 2 saturated heterocycles. The predicted octanol–water partition coefficient (Wildman–Crippen LogP) is 2.54. The van der Waals surface area contributed by atoms with Gasteiger partial charge in [-0.3, -0.25) is 9.78 Å². The van der Waals surface area contributed by atoms with E-state index in [0.717, 1.165) is 74.9 Å². The normalized spacial score (nSPS) is 18.6. The van der Waals surface area contributed by atoms with Crippen LogP contribution in [0.4, 0.5) is 5.82 Å². The van der Waals surface area contributed by atoms with Crippen LogP contribution in [0.1, 0.15) is 30.5 Å². The van der Waals surface area contributed by atoms with E-state index in [-0.39, 0.29) is 0 Å². The number of nitrogens with zero attached hydrogens (tertiary/aromatic N) is 6. The van der Waals surface area contributed by atoms with Gasteiger partial charge in [-0.1, -0.05) is 6.07 Å². The quantitative estimate of drug-likeness (QED) is 0.775. The molecule has 2 aliphatic rings. The molecule has 160 valence electrons. The summed E-state index contributed by atoms with van der Waals surface area (Å²) in [5.74, 6) is 2.48. The summed E-state index contributed by atoms with van der Waals surface area (Å²) in [4.78, 5) is 33.3. The third kappa shape index (κ3) is 4.61. The monoisotopic (exact) mass is 408 g/mol. The van der Waals surface area contributed by atoms with Crippen molar-refractivity contribution in [3.63, 3.8) is 0 Å². The average Bonchev–Trinajstić information content (AvgIpc) is 2.77. The van der Waals surface area contributed by atoms with Crippen LogP contribution in [0.2, 0.25) is 0 Å². The number of aryl methyl sites for hydroxylation is 1. The maximum atomic E-state index is 12.7. The van der Waals surface area contributed by atoms with Crippen molar-refractivity contribution in [2.45, 2.75) is 33.1 Å². The number of aromatic nitrogens is 3. The minimum absolute atomic E-state index is 0.327. The maximum absolute atomic E-state index is 12.7. The molecule has 4 rings (SSSR count). The summed E-state index contributed by atoms with van der Waals surface area (Å²) in [5, 5.41) is 0. The molecule has 0 unspecified atom stereocenters. The lowest BCUT2D eigenvalue weighted by atomic mass is 9.92. The zero-order chi connectivity index (χ0) is 21.1. The molecule has 2 aliphatic heterocycles. The van der Waals surface area contributed by atoms with E-state index >= 15 is 0 Å². The van der Waals surface area contributed by atoms with E-state index in [1.54, 1.807) is 6.20 Å². The lowest BCUT2D eigenvalue weighted by Gasteiger charge is -2.36. The Morgan fingerprint density at radius 2 is 1.77 bits per heavy atom. The van der Waals surface area contributed by atoms with Gasteiger partial charge in [0.25, 0.3) is 0 Å². The number of anilines is 1. The SMILES string of the molecule is Cc1nc(-c2ccccn2)nc(N2CCC(CC(=O)N3CCN(C)CC3)CC2)c1C. The molecule has 1 amide bonds. The first-order valence-corrected chi connectivity index (χ1v) is 11.0. The summed E-state index contributed by atoms with van der Waals surface area (Å²) in [5.41, 5.74) is 2.92. The first-order valence-electron chi connectivity index (χ1n) is 11.0. The van der Waals surface area contributed by atoms with Gasteiger partial charge in [0.05, 0.1) is 0 Å². The minimum atomic E-state index is 0.327. The molecule has 0 aliphatic carbocycles. The van der Waals surface area contributed by atoms with Crippen molar-refractivity contribution in [3.05, 3.63) is 35.7 Å². The number of pyridine rings is 1. The Morgan fingerprint density at radius 3 is 2.43 bits per heavy atom. The fourth-order valence-electron chi connectivity index (χ4n) is 4.31. The van der Waals surface area contributed by atoms with Crippen LogP contribution in [-0.2, 0) is 4.79 Å². The van der Waals surface area contributed by atoms with Crippen LogP contribution in [0.3, 0.4) is 0 Å². The van der Waals surface area contributed by atoms with Crippen molar-refractivity contribution < 1.29 is 4.79 Å². The van der Waals surface area contributed by atoms with E-state index in [1.165, 1.54) is 0 Å². The van der Waals surface area contributed by atoms with E-state index in [0.29, 0.717) is 24.1 Å². The number of carbonyl (C=O) groups excluding carboxylic acids is 1. The van der Waals surface area contributed by atoms with E-state index in [4.69, 9.17) is 4.98 Å². The fourth-order valence-corrected chi connectivity index (χ4v) is 4.31. The second-order valence-corrected chi connectivity index (χ2v) is 8.61. The van der Waals surface area contributed by atoms with Crippen LogP contribution >= 0.6 is 0 Å². The number of carbonyl (C=O) groups is 1. The molecular formula is C23H32N6O. The number of hydrogen-bond donors (Lipinski definition) is 0. The predicted molar refractivity (Wildman–Crippen MR) is 118 cm³/mol. The Bertz CT molecular complexity index is 871. The molecule has 2 aromatic rings. The largest absolute Gasteiger partial charge is 0.356 e. The van der Waals surface area contributed by atoms with Crippen molar-refractivity contribution in [2.75, 3.05) is 51.2 Å². The minimum Gasteiger partial charge on any atom is -0.356 e. The standard InChI is InChI=1S/C23H32N6O/c1-17-18(2)25-22(20-6-4-5-9-24-20)26-23(17)29-10-7-19(8-11-29)16-21(30)28-14-12-27(3)13-15-28/h4-6,9,19H,7-8,10-16H2,1-3H3. The smallest absolute Gasteiger partial charge is 0.222 e. The highest BCUT2D eigenvalue weighted by atomic mass is 16.2. The average molecular weight is 409 g/mol. The number of piperidine rings is 1. The van der Waals surface area contributed by atoms with E-state index in [9.17, 15) is 4.79 Å². The number of hydrogen-bond acceptors (Lipinski definition) is 6. The molecule has 7 heteroatoms. The van der Waals surface area contributed by atoms with Gasteiger partial charge in [-0.2, -0.15) is 0 Å². The Labute approximate surface area is 179 Å². The molecule has 7 nitrogen and oxygen atoms in total. The molecule has 0 aromatic carbocycles. The lowest BCUT2D eigenvalue weighted by molar-refractivity contribution is -0.133. The molecule has 0 spiro atoms. The van der Waals surface area contributed by atoms with Gasteiger partial charge in [-0.25, -0.2) is 9.97 Å². The van der Waals surface area contributed by atoms with Gasteiger partial charge >= 0.3 is 0 Å². The number of amides is 1. The van der Waals surface area contributed by atoms with Crippen molar-refractivity contribution in [1.29, 1.82) is 0 Å². The molecule has 0 bridgehead atoms. The van der Waals surface area contributed by atoms with Crippen molar-refractivity contribution in [2.24, 2.45) is 5.92 Å². The van der Waals surface area contributed by atoms with Crippen LogP contribution in [-0.4, -0.2) is 77.0 Å². The van der Waals surface area contributed by atoms with E-state index in [1.807, 2.05) is 30.0 Å². The zero-order valence-electron chi connectivity index (χ0n) is 18.3. The summed E-state index contributed by atoms with van der Waals surface area (Å²) >= 11 is 0. The fraction of sp³-hybridized carbons (Fsp3) is 0.565. The molecule has 2 aromatic heterocycles. The Morgan fingerprint density at radius 1 is 1.03 bits per heavy atom. The molecule has 4 heterocycles. The summed E-state index contributed by atoms with van der Waals surface area (Å²) < 4.78 is 0. The Kier molecular flexibility index (Phi) is 6.27. The van der Waals surface area contributed by atoms with Crippen LogP contribution in [0.15, 0.2) is 24.4 Å². The molecular weight excluding hydrogens is 376 g/mol. The molecule has 30 heavy (non-hydrogen) atoms. The lowest BCUT2D eigenvalue weighted by Crippen LogP contribution is -2.47. The first kappa shape index (κ1) is 20.7. The molecule has 0 saturated carbocycles. The summed E-state index contributed by atoms with van der Waals surface area (Å²) in [6.07, 6.45) is 4.51. The third-order valence-electron chi connectivity index (χ3n) is 6.49. The Hall–Kier alpha value is -2.54. The molecule has 0 radical (unpaired) electrons. The summed E-state index contributed by atoms with van der Waals surface area (Å²) in [6, 6.07) is 5.81. The number of piperazine rings is 1. The van der Waals surface area contributed by atoms with E-state index in [2.05, 4.69) is 33.7 Å². The second-order valence-electron chi connectivity index (χ2n) is 8.61. The van der Waals surface area contributed by atoms with Crippen LogP contribution in [0.25, 0.3) is 11.5 Å². The van der Waals surface area contributed by atoms with Crippen LogP contribution < -0.4 is 4.90 Å². The molecule has 2 fully saturated rings. The van der Waals surface area contributed by atoms with Gasteiger partial charge in [0, 0.05) is 63.1 Å². The maximum Gasteiger partial charge on any atom is 0.222 e. The van der Waals surface area contributed by atoms with Crippen LogP contribution in [0.5, 0.6) is 0 Å². The molecule has 0 N–H and O–H groups in total.